The van der Waals surface area contributed by atoms with Crippen LogP contribution in [0.25, 0.3) is 27.6 Å². The van der Waals surface area contributed by atoms with Gasteiger partial charge in [0.1, 0.15) is 5.75 Å². The Morgan fingerprint density at radius 3 is 2.62 bits per heavy atom. The molecule has 2 heterocycles. The second-order valence-corrected chi connectivity index (χ2v) is 8.82. The molecule has 172 valence electrons. The first-order valence-electron chi connectivity index (χ1n) is 11.2. The molecule has 0 atom stereocenters. The molecule has 1 N–H and O–H groups in total. The number of hydrogen-bond donors (Lipinski definition) is 1. The lowest BCUT2D eigenvalue weighted by Gasteiger charge is -2.16. The van der Waals surface area contributed by atoms with E-state index in [1.54, 1.807) is 15.2 Å². The van der Waals surface area contributed by atoms with Crippen molar-refractivity contribution in [2.45, 2.75) is 25.0 Å². The summed E-state index contributed by atoms with van der Waals surface area (Å²) < 4.78 is 9.19. The number of fused-ring (bicyclic) bond motifs is 2. The van der Waals surface area contributed by atoms with Gasteiger partial charge in [-0.2, -0.15) is 0 Å². The Balaban J connectivity index is 1.47. The Morgan fingerprint density at radius 2 is 1.74 bits per heavy atom. The molecule has 0 aliphatic heterocycles. The van der Waals surface area contributed by atoms with Crippen molar-refractivity contribution in [2.24, 2.45) is 0 Å². The van der Waals surface area contributed by atoms with Crippen LogP contribution in [0.2, 0.25) is 0 Å². The van der Waals surface area contributed by atoms with E-state index in [-0.39, 0.29) is 11.2 Å². The molecular formula is C26H24N4O3S. The highest BCUT2D eigenvalue weighted by atomic mass is 32.2. The quantitative estimate of drug-likeness (QED) is 0.203. The van der Waals surface area contributed by atoms with Crippen LogP contribution >= 0.6 is 11.8 Å². The summed E-state index contributed by atoms with van der Waals surface area (Å²) in [6.07, 6.45) is 0.738. The van der Waals surface area contributed by atoms with Crippen LogP contribution in [-0.4, -0.2) is 31.5 Å². The molecule has 0 aliphatic rings. The fourth-order valence-electron chi connectivity index (χ4n) is 4.06. The fourth-order valence-corrected chi connectivity index (χ4v) is 4.99. The lowest BCUT2D eigenvalue weighted by molar-refractivity contribution is 0.338. The predicted molar refractivity (Wildman–Crippen MR) is 136 cm³/mol. The minimum Gasteiger partial charge on any atom is -0.492 e. The van der Waals surface area contributed by atoms with Gasteiger partial charge in [0.25, 0.3) is 5.56 Å². The van der Waals surface area contributed by atoms with Crippen LogP contribution in [0.1, 0.15) is 13.3 Å². The zero-order valence-electron chi connectivity index (χ0n) is 18.7. The number of H-pyrrole nitrogens is 1. The molecule has 8 heteroatoms. The number of imidazole rings is 1. The zero-order chi connectivity index (χ0) is 23.5. The minimum absolute atomic E-state index is 0.113. The van der Waals surface area contributed by atoms with Crippen molar-refractivity contribution in [3.8, 4) is 11.4 Å². The van der Waals surface area contributed by atoms with Gasteiger partial charge in [0.05, 0.1) is 34.2 Å². The molecule has 7 nitrogen and oxygen atoms in total. The summed E-state index contributed by atoms with van der Waals surface area (Å²) in [4.78, 5) is 33.6. The van der Waals surface area contributed by atoms with Gasteiger partial charge < -0.3 is 9.72 Å². The van der Waals surface area contributed by atoms with Crippen LogP contribution in [0.15, 0.2) is 87.5 Å². The maximum absolute atomic E-state index is 13.5. The van der Waals surface area contributed by atoms with Gasteiger partial charge in [-0.05, 0) is 49.7 Å². The van der Waals surface area contributed by atoms with Crippen LogP contribution in [-0.2, 0) is 6.54 Å². The number of aryl methyl sites for hydroxylation is 1. The van der Waals surface area contributed by atoms with Gasteiger partial charge >= 0.3 is 5.69 Å². The van der Waals surface area contributed by atoms with Gasteiger partial charge in [-0.1, -0.05) is 48.2 Å². The molecule has 0 amide bonds. The molecule has 0 fully saturated rings. The molecule has 0 saturated carbocycles. The Bertz CT molecular complexity index is 1580. The third-order valence-corrected chi connectivity index (χ3v) is 6.61. The van der Waals surface area contributed by atoms with Gasteiger partial charge in [-0.25, -0.2) is 9.78 Å². The van der Waals surface area contributed by atoms with E-state index in [4.69, 9.17) is 9.72 Å². The summed E-state index contributed by atoms with van der Waals surface area (Å²) in [6.45, 7) is 2.98. The largest absolute Gasteiger partial charge is 0.492 e. The monoisotopic (exact) mass is 472 g/mol. The van der Waals surface area contributed by atoms with Crippen molar-refractivity contribution >= 4 is 33.7 Å². The maximum Gasteiger partial charge on any atom is 0.326 e. The number of rotatable bonds is 8. The van der Waals surface area contributed by atoms with Crippen molar-refractivity contribution in [3.63, 3.8) is 0 Å². The number of aromatic amines is 1. The predicted octanol–water partition coefficient (Wildman–Crippen LogP) is 4.61. The lowest BCUT2D eigenvalue weighted by atomic mass is 10.2. The highest BCUT2D eigenvalue weighted by molar-refractivity contribution is 7.99. The summed E-state index contributed by atoms with van der Waals surface area (Å²) in [5.74, 6) is 1.32. The fraction of sp³-hybridized carbons (Fsp3) is 0.192. The van der Waals surface area contributed by atoms with E-state index in [0.717, 1.165) is 17.5 Å². The number of hydrogen-bond acceptors (Lipinski definition) is 5. The molecule has 0 unspecified atom stereocenters. The number of para-hydroxylation sites is 5. The highest BCUT2D eigenvalue weighted by Crippen LogP contribution is 2.27. The third-order valence-electron chi connectivity index (χ3n) is 5.59. The second kappa shape index (κ2) is 9.61. The Hall–Kier alpha value is -3.78. The number of benzene rings is 3. The average Bonchev–Trinajstić information content (AvgIpc) is 3.18. The van der Waals surface area contributed by atoms with Gasteiger partial charge in [0.15, 0.2) is 5.16 Å². The molecular weight excluding hydrogens is 448 g/mol. The first kappa shape index (κ1) is 22.0. The molecule has 0 spiro atoms. The molecule has 34 heavy (non-hydrogen) atoms. The Morgan fingerprint density at radius 1 is 0.971 bits per heavy atom. The van der Waals surface area contributed by atoms with Crippen LogP contribution in [0, 0.1) is 0 Å². The van der Waals surface area contributed by atoms with Crippen molar-refractivity contribution in [1.29, 1.82) is 0 Å². The van der Waals surface area contributed by atoms with Crippen LogP contribution in [0.5, 0.6) is 5.75 Å². The molecule has 2 aromatic heterocycles. The second-order valence-electron chi connectivity index (χ2n) is 7.75. The average molecular weight is 473 g/mol. The van der Waals surface area contributed by atoms with E-state index in [1.807, 2.05) is 73.7 Å². The number of ether oxygens (including phenoxy) is 1. The number of aromatic nitrogens is 4. The first-order chi connectivity index (χ1) is 16.7. The van der Waals surface area contributed by atoms with Crippen LogP contribution in [0.3, 0.4) is 0 Å². The molecule has 3 aromatic carbocycles. The van der Waals surface area contributed by atoms with Gasteiger partial charge in [-0.15, -0.1) is 0 Å². The van der Waals surface area contributed by atoms with Gasteiger partial charge in [0.2, 0.25) is 0 Å². The summed E-state index contributed by atoms with van der Waals surface area (Å²) in [6, 6.07) is 22.5. The summed E-state index contributed by atoms with van der Waals surface area (Å²) in [7, 11) is 0. The van der Waals surface area contributed by atoms with E-state index in [9.17, 15) is 9.59 Å². The van der Waals surface area contributed by atoms with E-state index in [0.29, 0.717) is 46.4 Å². The van der Waals surface area contributed by atoms with Crippen molar-refractivity contribution in [1.82, 2.24) is 19.1 Å². The Kier molecular flexibility index (Phi) is 6.22. The zero-order valence-corrected chi connectivity index (χ0v) is 19.5. The number of nitrogens with one attached hydrogen (secondary N) is 1. The molecule has 0 radical (unpaired) electrons. The lowest BCUT2D eigenvalue weighted by Crippen LogP contribution is -2.22. The van der Waals surface area contributed by atoms with E-state index >= 15 is 0 Å². The van der Waals surface area contributed by atoms with Crippen molar-refractivity contribution in [3.05, 3.63) is 93.6 Å². The van der Waals surface area contributed by atoms with E-state index < -0.39 is 0 Å². The van der Waals surface area contributed by atoms with Crippen LogP contribution in [0.4, 0.5) is 0 Å². The molecule has 0 aliphatic carbocycles. The maximum atomic E-state index is 13.5. The highest BCUT2D eigenvalue weighted by Gasteiger charge is 2.16. The molecule has 5 rings (SSSR count). The first-order valence-corrected chi connectivity index (χ1v) is 12.2. The summed E-state index contributed by atoms with van der Waals surface area (Å²) in [5.41, 5.74) is 2.81. The number of nitrogens with zero attached hydrogens (tertiary/aromatic N) is 3. The summed E-state index contributed by atoms with van der Waals surface area (Å²) in [5, 5.41) is 1.16. The normalized spacial score (nSPS) is 11.3. The van der Waals surface area contributed by atoms with E-state index in [2.05, 4.69) is 4.98 Å². The third kappa shape index (κ3) is 4.12. The standard InChI is InChI=1S/C26H24N4O3S/c1-2-33-23-15-8-7-14-22(23)30-24(31)18-10-3-4-11-19(18)28-26(30)34-17-9-16-29-21-13-6-5-12-20(21)27-25(29)32/h3-8,10-15H,2,9,16-17H2,1H3,(H,27,32). The minimum atomic E-state index is -0.131. The van der Waals surface area contributed by atoms with Gasteiger partial charge in [0, 0.05) is 12.3 Å². The van der Waals surface area contributed by atoms with Crippen molar-refractivity contribution < 1.29 is 4.74 Å². The molecule has 0 bridgehead atoms. The smallest absolute Gasteiger partial charge is 0.326 e. The Labute approximate surface area is 200 Å². The summed E-state index contributed by atoms with van der Waals surface area (Å²) >= 11 is 1.50. The van der Waals surface area contributed by atoms with Crippen LogP contribution < -0.4 is 16.0 Å². The topological polar surface area (TPSA) is 81.9 Å². The van der Waals surface area contributed by atoms with Crippen molar-refractivity contribution in [2.75, 3.05) is 12.4 Å². The van der Waals surface area contributed by atoms with Gasteiger partial charge in [-0.3, -0.25) is 13.9 Å². The SMILES string of the molecule is CCOc1ccccc1-n1c(SCCCn2c(=O)[nH]c3ccccc32)nc2ccccc2c1=O. The molecule has 5 aromatic rings. The number of thioether (sulfide) groups is 1. The molecule has 0 saturated heterocycles. The van der Waals surface area contributed by atoms with E-state index in [1.165, 1.54) is 11.8 Å².